The molecule has 1 unspecified atom stereocenters. The maximum absolute atomic E-state index is 6.07. The lowest BCUT2D eigenvalue weighted by molar-refractivity contribution is 0.214. The van der Waals surface area contributed by atoms with Gasteiger partial charge in [0.15, 0.2) is 0 Å². The highest BCUT2D eigenvalue weighted by Gasteiger charge is 2.15. The van der Waals surface area contributed by atoms with E-state index < -0.39 is 0 Å². The number of benzene rings is 2. The molecule has 20 heavy (non-hydrogen) atoms. The first-order valence-corrected chi connectivity index (χ1v) is 7.79. The third-order valence-corrected chi connectivity index (χ3v) is 4.33. The minimum Gasteiger partial charge on any atom is -0.484 e. The van der Waals surface area contributed by atoms with E-state index in [1.54, 1.807) is 0 Å². The maximum Gasteiger partial charge on any atom is 0.136 e. The Labute approximate surface area is 128 Å². The molecule has 0 fully saturated rings. The predicted molar refractivity (Wildman–Crippen MR) is 85.0 cm³/mol. The van der Waals surface area contributed by atoms with Crippen LogP contribution >= 0.6 is 15.9 Å². The van der Waals surface area contributed by atoms with Crippen molar-refractivity contribution in [3.8, 4) is 5.75 Å². The number of aryl methyl sites for hydroxylation is 2. The van der Waals surface area contributed by atoms with Gasteiger partial charge in [-0.3, -0.25) is 0 Å². The molecule has 1 atom stereocenters. The zero-order valence-corrected chi connectivity index (χ0v) is 12.9. The van der Waals surface area contributed by atoms with Crippen molar-refractivity contribution < 1.29 is 4.74 Å². The van der Waals surface area contributed by atoms with Gasteiger partial charge in [0.1, 0.15) is 11.9 Å². The fourth-order valence-electron chi connectivity index (χ4n) is 2.72. The highest BCUT2D eigenvalue weighted by atomic mass is 79.9. The van der Waals surface area contributed by atoms with Gasteiger partial charge in [-0.15, -0.1) is 0 Å². The summed E-state index contributed by atoms with van der Waals surface area (Å²) in [6, 6.07) is 14.6. The molecule has 3 heteroatoms. The van der Waals surface area contributed by atoms with Gasteiger partial charge in [0.25, 0.3) is 0 Å². The van der Waals surface area contributed by atoms with Gasteiger partial charge in [0.05, 0.1) is 0 Å². The predicted octanol–water partition coefficient (Wildman–Crippen LogP) is 4.02. The standard InChI is InChI=1S/C17H18BrNO/c18-15-7-4-13(5-8-15)17(11-19)20-16-9-6-12-2-1-3-14(12)10-16/h4-10,17H,1-3,11,19H2. The van der Waals surface area contributed by atoms with Crippen LogP contribution in [0.2, 0.25) is 0 Å². The SMILES string of the molecule is NCC(Oc1ccc2c(c1)CCC2)c1ccc(Br)cc1. The molecule has 3 rings (SSSR count). The first-order chi connectivity index (χ1) is 9.76. The lowest BCUT2D eigenvalue weighted by atomic mass is 10.1. The molecule has 0 aromatic heterocycles. The van der Waals surface area contributed by atoms with Crippen molar-refractivity contribution in [3.05, 3.63) is 63.6 Å². The highest BCUT2D eigenvalue weighted by Crippen LogP contribution is 2.29. The van der Waals surface area contributed by atoms with Crippen molar-refractivity contribution in [1.29, 1.82) is 0 Å². The Kier molecular flexibility index (Phi) is 4.08. The summed E-state index contributed by atoms with van der Waals surface area (Å²) in [4.78, 5) is 0. The fourth-order valence-corrected chi connectivity index (χ4v) is 2.98. The van der Waals surface area contributed by atoms with Gasteiger partial charge in [0, 0.05) is 11.0 Å². The molecule has 2 N–H and O–H groups in total. The van der Waals surface area contributed by atoms with Gasteiger partial charge < -0.3 is 10.5 Å². The van der Waals surface area contributed by atoms with Gasteiger partial charge in [-0.1, -0.05) is 34.1 Å². The Balaban J connectivity index is 1.79. The molecule has 0 saturated heterocycles. The Bertz CT molecular complexity index is 594. The van der Waals surface area contributed by atoms with E-state index in [0.717, 1.165) is 22.2 Å². The molecule has 0 radical (unpaired) electrons. The molecule has 2 aromatic rings. The Morgan fingerprint density at radius 2 is 1.80 bits per heavy atom. The second-order valence-corrected chi connectivity index (χ2v) is 6.09. The molecular formula is C17H18BrNO. The van der Waals surface area contributed by atoms with Gasteiger partial charge in [-0.25, -0.2) is 0 Å². The largest absolute Gasteiger partial charge is 0.484 e. The molecule has 0 spiro atoms. The summed E-state index contributed by atoms with van der Waals surface area (Å²) in [5.74, 6) is 0.920. The van der Waals surface area contributed by atoms with E-state index in [1.807, 2.05) is 12.1 Å². The van der Waals surface area contributed by atoms with Crippen molar-refractivity contribution in [2.45, 2.75) is 25.4 Å². The number of fused-ring (bicyclic) bond motifs is 1. The second kappa shape index (κ2) is 5.98. The van der Waals surface area contributed by atoms with Crippen LogP contribution in [-0.4, -0.2) is 6.54 Å². The minimum atomic E-state index is -0.0949. The molecule has 2 aromatic carbocycles. The Morgan fingerprint density at radius 1 is 1.05 bits per heavy atom. The number of rotatable bonds is 4. The smallest absolute Gasteiger partial charge is 0.136 e. The molecule has 0 saturated carbocycles. The Hall–Kier alpha value is -1.32. The van der Waals surface area contributed by atoms with E-state index in [1.165, 1.54) is 24.0 Å². The highest BCUT2D eigenvalue weighted by molar-refractivity contribution is 9.10. The average Bonchev–Trinajstić information content (AvgIpc) is 2.93. The first-order valence-electron chi connectivity index (χ1n) is 7.00. The van der Waals surface area contributed by atoms with Crippen molar-refractivity contribution in [1.82, 2.24) is 0 Å². The summed E-state index contributed by atoms with van der Waals surface area (Å²) in [6.45, 7) is 0.471. The van der Waals surface area contributed by atoms with Crippen LogP contribution < -0.4 is 10.5 Å². The van der Waals surface area contributed by atoms with E-state index in [2.05, 4.69) is 46.3 Å². The van der Waals surface area contributed by atoms with Gasteiger partial charge in [0.2, 0.25) is 0 Å². The molecule has 1 aliphatic carbocycles. The molecule has 0 bridgehead atoms. The van der Waals surface area contributed by atoms with E-state index in [0.29, 0.717) is 6.54 Å². The maximum atomic E-state index is 6.07. The van der Waals surface area contributed by atoms with Crippen molar-refractivity contribution >= 4 is 15.9 Å². The lowest BCUT2D eigenvalue weighted by Gasteiger charge is -2.18. The molecular weight excluding hydrogens is 314 g/mol. The zero-order chi connectivity index (χ0) is 13.9. The number of halogens is 1. The molecule has 2 nitrogen and oxygen atoms in total. The second-order valence-electron chi connectivity index (χ2n) is 5.18. The van der Waals surface area contributed by atoms with E-state index in [9.17, 15) is 0 Å². The first kappa shape index (κ1) is 13.7. The molecule has 0 amide bonds. The summed E-state index contributed by atoms with van der Waals surface area (Å²) in [6.07, 6.45) is 3.52. The van der Waals surface area contributed by atoms with Crippen LogP contribution in [0.1, 0.15) is 29.2 Å². The number of ether oxygens (including phenoxy) is 1. The number of hydrogen-bond donors (Lipinski definition) is 1. The quantitative estimate of drug-likeness (QED) is 0.918. The van der Waals surface area contributed by atoms with Crippen LogP contribution in [0.3, 0.4) is 0 Å². The van der Waals surface area contributed by atoms with Crippen molar-refractivity contribution in [2.75, 3.05) is 6.54 Å². The molecule has 0 heterocycles. The third-order valence-electron chi connectivity index (χ3n) is 3.80. The van der Waals surface area contributed by atoms with Gasteiger partial charge in [-0.05, 0) is 60.2 Å². The van der Waals surface area contributed by atoms with E-state index >= 15 is 0 Å². The third kappa shape index (κ3) is 2.89. The molecule has 1 aliphatic rings. The van der Waals surface area contributed by atoms with Crippen molar-refractivity contribution in [3.63, 3.8) is 0 Å². The zero-order valence-electron chi connectivity index (χ0n) is 11.3. The average molecular weight is 332 g/mol. The van der Waals surface area contributed by atoms with Gasteiger partial charge in [-0.2, -0.15) is 0 Å². The lowest BCUT2D eigenvalue weighted by Crippen LogP contribution is -2.18. The fraction of sp³-hybridized carbons (Fsp3) is 0.294. The van der Waals surface area contributed by atoms with Crippen LogP contribution in [-0.2, 0) is 12.8 Å². The number of hydrogen-bond acceptors (Lipinski definition) is 2. The van der Waals surface area contributed by atoms with Crippen LogP contribution in [0.25, 0.3) is 0 Å². The van der Waals surface area contributed by atoms with Crippen LogP contribution in [0, 0.1) is 0 Å². The monoisotopic (exact) mass is 331 g/mol. The summed E-state index contributed by atoms with van der Waals surface area (Å²) in [5, 5.41) is 0. The minimum absolute atomic E-state index is 0.0949. The molecule has 104 valence electrons. The van der Waals surface area contributed by atoms with E-state index in [4.69, 9.17) is 10.5 Å². The number of nitrogens with two attached hydrogens (primary N) is 1. The summed E-state index contributed by atoms with van der Waals surface area (Å²) < 4.78 is 7.14. The van der Waals surface area contributed by atoms with Gasteiger partial charge >= 0.3 is 0 Å². The van der Waals surface area contributed by atoms with E-state index in [-0.39, 0.29) is 6.10 Å². The van der Waals surface area contributed by atoms with Crippen LogP contribution in [0.15, 0.2) is 46.9 Å². The van der Waals surface area contributed by atoms with Crippen molar-refractivity contribution in [2.24, 2.45) is 5.73 Å². The summed E-state index contributed by atoms with van der Waals surface area (Å²) in [7, 11) is 0. The Morgan fingerprint density at radius 3 is 2.55 bits per heavy atom. The summed E-state index contributed by atoms with van der Waals surface area (Å²) >= 11 is 3.45. The van der Waals surface area contributed by atoms with Crippen LogP contribution in [0.5, 0.6) is 5.75 Å². The summed E-state index contributed by atoms with van der Waals surface area (Å²) in [5.41, 5.74) is 9.86. The normalized spacial score (nSPS) is 14.9. The van der Waals surface area contributed by atoms with Crippen LogP contribution in [0.4, 0.5) is 0 Å². The topological polar surface area (TPSA) is 35.2 Å². The molecule has 0 aliphatic heterocycles.